The standard InChI is InChI=1S/C50H100/c1-3-5-7-9-11-13-15-17-19-21-23-25-27-29-31-33-35-37-39-41-43-45-47-49-50-48-46-44-42-40-38-36-34-32-30-28-26-24-22-20-18-16-14-12-10-8-6-4-2/h3,5H,4,6-50H2,1-2H3. The Morgan fingerprint density at radius 1 is 0.200 bits per heavy atom. The van der Waals surface area contributed by atoms with Crippen LogP contribution in [0.1, 0.15) is 309 Å². The monoisotopic (exact) mass is 701 g/mol. The summed E-state index contributed by atoms with van der Waals surface area (Å²) in [6, 6.07) is 0. The van der Waals surface area contributed by atoms with Crippen molar-refractivity contribution in [2.45, 2.75) is 309 Å². The van der Waals surface area contributed by atoms with E-state index in [0.717, 1.165) is 0 Å². The van der Waals surface area contributed by atoms with Crippen LogP contribution in [0.2, 0.25) is 0 Å². The van der Waals surface area contributed by atoms with Crippen LogP contribution in [0, 0.1) is 0 Å². The molecular weight excluding hydrogens is 601 g/mol. The van der Waals surface area contributed by atoms with Crippen LogP contribution >= 0.6 is 0 Å². The highest BCUT2D eigenvalue weighted by Crippen LogP contribution is 2.18. The maximum absolute atomic E-state index is 2.31. The highest BCUT2D eigenvalue weighted by molar-refractivity contribution is 4.76. The molecule has 0 heterocycles. The van der Waals surface area contributed by atoms with Crippen LogP contribution in [-0.4, -0.2) is 0 Å². The van der Waals surface area contributed by atoms with E-state index in [1.54, 1.807) is 0 Å². The van der Waals surface area contributed by atoms with Gasteiger partial charge in [-0.3, -0.25) is 0 Å². The maximum Gasteiger partial charge on any atom is -0.0351 e. The molecule has 0 aromatic carbocycles. The van der Waals surface area contributed by atoms with Crippen LogP contribution in [0.15, 0.2) is 12.2 Å². The molecule has 0 aliphatic rings. The molecule has 0 saturated carbocycles. The number of hydrogen-bond acceptors (Lipinski definition) is 0. The van der Waals surface area contributed by atoms with Gasteiger partial charge in [0.15, 0.2) is 0 Å². The Morgan fingerprint density at radius 3 is 0.480 bits per heavy atom. The zero-order valence-electron chi connectivity index (χ0n) is 35.7. The molecule has 0 saturated heterocycles. The van der Waals surface area contributed by atoms with Crippen LogP contribution in [0.4, 0.5) is 0 Å². The van der Waals surface area contributed by atoms with E-state index in [0.29, 0.717) is 0 Å². The molecule has 0 unspecified atom stereocenters. The van der Waals surface area contributed by atoms with Crippen molar-refractivity contribution in [3.05, 3.63) is 12.2 Å². The first-order valence-electron chi connectivity index (χ1n) is 24.5. The summed E-state index contributed by atoms with van der Waals surface area (Å²) in [6.07, 6.45) is 72.6. The molecule has 0 atom stereocenters. The van der Waals surface area contributed by atoms with Crippen LogP contribution in [-0.2, 0) is 0 Å². The first kappa shape index (κ1) is 49.7. The van der Waals surface area contributed by atoms with Gasteiger partial charge in [-0.2, -0.15) is 0 Å². The van der Waals surface area contributed by atoms with Crippen molar-refractivity contribution in [1.29, 1.82) is 0 Å². The molecule has 0 spiro atoms. The summed E-state index contributed by atoms with van der Waals surface area (Å²) in [5, 5.41) is 0. The highest BCUT2D eigenvalue weighted by atomic mass is 14.0. The van der Waals surface area contributed by atoms with Crippen LogP contribution in [0.3, 0.4) is 0 Å². The van der Waals surface area contributed by atoms with Crippen molar-refractivity contribution in [1.82, 2.24) is 0 Å². The molecule has 0 radical (unpaired) electrons. The SMILES string of the molecule is CC=CCCCCCCCCCCCCCCCCCCCCCCCCCCCCCCCCCCCCCCCCCCCCCCC. The van der Waals surface area contributed by atoms with Crippen molar-refractivity contribution in [2.24, 2.45) is 0 Å². The van der Waals surface area contributed by atoms with Gasteiger partial charge in [-0.1, -0.05) is 302 Å². The zero-order valence-corrected chi connectivity index (χ0v) is 35.7. The molecule has 0 bridgehead atoms. The van der Waals surface area contributed by atoms with Gasteiger partial charge in [-0.05, 0) is 19.8 Å². The molecule has 300 valence electrons. The second-order valence-electron chi connectivity index (χ2n) is 16.9. The first-order valence-corrected chi connectivity index (χ1v) is 24.5. The van der Waals surface area contributed by atoms with E-state index in [-0.39, 0.29) is 0 Å². The molecular formula is C50H100. The third kappa shape index (κ3) is 47.7. The molecule has 0 aliphatic carbocycles. The van der Waals surface area contributed by atoms with Gasteiger partial charge in [0.2, 0.25) is 0 Å². The van der Waals surface area contributed by atoms with Crippen molar-refractivity contribution < 1.29 is 0 Å². The van der Waals surface area contributed by atoms with Gasteiger partial charge in [0.25, 0.3) is 0 Å². The lowest BCUT2D eigenvalue weighted by Crippen LogP contribution is -1.85. The predicted molar refractivity (Wildman–Crippen MR) is 233 cm³/mol. The lowest BCUT2D eigenvalue weighted by atomic mass is 10.0. The highest BCUT2D eigenvalue weighted by Gasteiger charge is 1.98. The van der Waals surface area contributed by atoms with Gasteiger partial charge in [0.05, 0.1) is 0 Å². The van der Waals surface area contributed by atoms with Gasteiger partial charge >= 0.3 is 0 Å². The van der Waals surface area contributed by atoms with Crippen LogP contribution in [0.5, 0.6) is 0 Å². The second-order valence-corrected chi connectivity index (χ2v) is 16.9. The summed E-state index contributed by atoms with van der Waals surface area (Å²) in [5.74, 6) is 0. The molecule has 50 heavy (non-hydrogen) atoms. The Balaban J connectivity index is 3.04. The topological polar surface area (TPSA) is 0 Å². The minimum absolute atomic E-state index is 1.29. The van der Waals surface area contributed by atoms with E-state index >= 15 is 0 Å². The fourth-order valence-electron chi connectivity index (χ4n) is 8.10. The third-order valence-electron chi connectivity index (χ3n) is 11.7. The molecule has 0 N–H and O–H groups in total. The molecule has 0 heteroatoms. The minimum Gasteiger partial charge on any atom is -0.0917 e. The van der Waals surface area contributed by atoms with Crippen LogP contribution in [0.25, 0.3) is 0 Å². The first-order chi connectivity index (χ1) is 24.9. The van der Waals surface area contributed by atoms with Gasteiger partial charge in [0.1, 0.15) is 0 Å². The summed E-state index contributed by atoms with van der Waals surface area (Å²) in [6.45, 7) is 4.44. The van der Waals surface area contributed by atoms with Crippen LogP contribution < -0.4 is 0 Å². The van der Waals surface area contributed by atoms with E-state index in [1.165, 1.54) is 295 Å². The predicted octanol–water partition coefficient (Wildman–Crippen LogP) is 19.5. The van der Waals surface area contributed by atoms with E-state index in [2.05, 4.69) is 26.0 Å². The molecule has 0 aromatic rings. The van der Waals surface area contributed by atoms with Crippen molar-refractivity contribution in [3.63, 3.8) is 0 Å². The minimum atomic E-state index is 1.29. The van der Waals surface area contributed by atoms with E-state index in [4.69, 9.17) is 0 Å². The maximum atomic E-state index is 2.31. The van der Waals surface area contributed by atoms with Crippen molar-refractivity contribution in [3.8, 4) is 0 Å². The van der Waals surface area contributed by atoms with E-state index in [1.807, 2.05) is 0 Å². The Kier molecular flexibility index (Phi) is 48.5. The lowest BCUT2D eigenvalue weighted by molar-refractivity contribution is 0.508. The fraction of sp³-hybridized carbons (Fsp3) is 0.960. The van der Waals surface area contributed by atoms with Gasteiger partial charge in [-0.25, -0.2) is 0 Å². The number of rotatable bonds is 46. The van der Waals surface area contributed by atoms with Gasteiger partial charge in [0, 0.05) is 0 Å². The molecule has 0 fully saturated rings. The molecule has 0 nitrogen and oxygen atoms in total. The summed E-state index contributed by atoms with van der Waals surface area (Å²) < 4.78 is 0. The van der Waals surface area contributed by atoms with Crippen molar-refractivity contribution in [2.75, 3.05) is 0 Å². The Hall–Kier alpha value is -0.260. The lowest BCUT2D eigenvalue weighted by Gasteiger charge is -2.05. The quantitative estimate of drug-likeness (QED) is 0.0438. The number of hydrogen-bond donors (Lipinski definition) is 0. The second kappa shape index (κ2) is 48.7. The average molecular weight is 701 g/mol. The smallest absolute Gasteiger partial charge is 0.0351 e. The molecule has 0 aromatic heterocycles. The summed E-state index contributed by atoms with van der Waals surface area (Å²) in [7, 11) is 0. The third-order valence-corrected chi connectivity index (χ3v) is 11.7. The van der Waals surface area contributed by atoms with Gasteiger partial charge < -0.3 is 0 Å². The summed E-state index contributed by atoms with van der Waals surface area (Å²) in [4.78, 5) is 0. The van der Waals surface area contributed by atoms with Gasteiger partial charge in [-0.15, -0.1) is 0 Å². The summed E-state index contributed by atoms with van der Waals surface area (Å²) in [5.41, 5.74) is 0. The Bertz CT molecular complexity index is 575. The molecule has 0 aliphatic heterocycles. The molecule has 0 rings (SSSR count). The largest absolute Gasteiger partial charge is 0.0917 e. The number of allylic oxidation sites excluding steroid dienone is 2. The van der Waals surface area contributed by atoms with Crippen molar-refractivity contribution >= 4 is 0 Å². The Labute approximate surface area is 320 Å². The van der Waals surface area contributed by atoms with E-state index in [9.17, 15) is 0 Å². The molecule has 0 amide bonds. The number of unbranched alkanes of at least 4 members (excludes halogenated alkanes) is 45. The Morgan fingerprint density at radius 2 is 0.340 bits per heavy atom. The normalized spacial score (nSPS) is 11.8. The summed E-state index contributed by atoms with van der Waals surface area (Å²) >= 11 is 0. The average Bonchev–Trinajstić information content (AvgIpc) is 3.13. The zero-order chi connectivity index (χ0) is 35.9. The fourth-order valence-corrected chi connectivity index (χ4v) is 8.10. The van der Waals surface area contributed by atoms with E-state index < -0.39 is 0 Å².